The van der Waals surface area contributed by atoms with E-state index in [1.165, 1.54) is 12.1 Å². The second kappa shape index (κ2) is 7.04. The first-order chi connectivity index (χ1) is 10.5. The summed E-state index contributed by atoms with van der Waals surface area (Å²) in [6.45, 7) is 0.488. The van der Waals surface area contributed by atoms with Gasteiger partial charge in [0.1, 0.15) is 10.7 Å². The molecule has 0 atom stereocenters. The molecule has 0 saturated carbocycles. The molecule has 0 radical (unpaired) electrons. The maximum atomic E-state index is 12.8. The molecule has 7 heteroatoms. The third kappa shape index (κ3) is 4.56. The number of sulfonamides is 1. The summed E-state index contributed by atoms with van der Waals surface area (Å²) in [6, 6.07) is 14.2. The van der Waals surface area contributed by atoms with E-state index in [9.17, 15) is 12.8 Å². The lowest BCUT2D eigenvalue weighted by atomic mass is 10.2. The molecule has 116 valence electrons. The summed E-state index contributed by atoms with van der Waals surface area (Å²) in [6.07, 6.45) is 0.708. The van der Waals surface area contributed by atoms with E-state index in [1.54, 1.807) is 0 Å². The number of hydrogen-bond donors (Lipinski definition) is 3. The zero-order valence-electron chi connectivity index (χ0n) is 11.8. The largest absolute Gasteiger partial charge is 0.356 e. The summed E-state index contributed by atoms with van der Waals surface area (Å²) in [4.78, 5) is 2.74. The van der Waals surface area contributed by atoms with E-state index in [1.807, 2.05) is 30.3 Å². The number of hydrogen-bond acceptors (Lipinski definition) is 2. The Morgan fingerprint density at radius 3 is 2.36 bits per heavy atom. The van der Waals surface area contributed by atoms with E-state index < -0.39 is 15.8 Å². The molecule has 0 fully saturated rings. The van der Waals surface area contributed by atoms with Crippen molar-refractivity contribution >= 4 is 16.0 Å². The van der Waals surface area contributed by atoms with Crippen LogP contribution < -0.4 is 15.4 Å². The van der Waals surface area contributed by atoms with E-state index in [4.69, 9.17) is 5.73 Å². The van der Waals surface area contributed by atoms with Crippen LogP contribution in [0.2, 0.25) is 0 Å². The Morgan fingerprint density at radius 1 is 1.09 bits per heavy atom. The van der Waals surface area contributed by atoms with Crippen LogP contribution in [-0.2, 0) is 16.4 Å². The molecule has 0 aliphatic rings. The van der Waals surface area contributed by atoms with E-state index >= 15 is 0 Å². The highest BCUT2D eigenvalue weighted by atomic mass is 32.2. The van der Waals surface area contributed by atoms with E-state index in [0.29, 0.717) is 13.0 Å². The molecule has 0 spiro atoms. The molecule has 0 unspecified atom stereocenters. The number of nitrogens with one attached hydrogen (secondary N) is 2. The fourth-order valence-corrected chi connectivity index (χ4v) is 2.81. The van der Waals surface area contributed by atoms with Crippen molar-refractivity contribution in [1.82, 2.24) is 4.72 Å². The minimum absolute atomic E-state index is 0.0540. The first kappa shape index (κ1) is 16.0. The molecule has 0 heterocycles. The predicted molar refractivity (Wildman–Crippen MR) is 81.9 cm³/mol. The van der Waals surface area contributed by atoms with E-state index in [2.05, 4.69) is 9.71 Å². The van der Waals surface area contributed by atoms with Crippen molar-refractivity contribution in [1.29, 1.82) is 0 Å². The van der Waals surface area contributed by atoms with Crippen LogP contribution in [0.25, 0.3) is 0 Å². The Kier molecular flexibility index (Phi) is 5.11. The lowest BCUT2D eigenvalue weighted by molar-refractivity contribution is -0.459. The molecule has 0 amide bonds. The van der Waals surface area contributed by atoms with Crippen molar-refractivity contribution in [3.05, 3.63) is 66.0 Å². The van der Waals surface area contributed by atoms with Crippen molar-refractivity contribution in [2.24, 2.45) is 5.73 Å². The third-order valence-electron chi connectivity index (χ3n) is 2.94. The number of nitrogens with two attached hydrogens (primary N) is 1. The highest BCUT2D eigenvalue weighted by molar-refractivity contribution is 7.90. The molecule has 5 nitrogen and oxygen atoms in total. The average Bonchev–Trinajstić information content (AvgIpc) is 2.48. The fourth-order valence-electron chi connectivity index (χ4n) is 1.84. The molecular weight excluding hydrogens is 305 g/mol. The van der Waals surface area contributed by atoms with Crippen LogP contribution in [0.4, 0.5) is 4.39 Å². The molecule has 22 heavy (non-hydrogen) atoms. The first-order valence-electron chi connectivity index (χ1n) is 6.66. The molecular formula is C15H17FN3O2S+. The monoisotopic (exact) mass is 322 g/mol. The zero-order valence-corrected chi connectivity index (χ0v) is 12.6. The lowest BCUT2D eigenvalue weighted by Gasteiger charge is -2.02. The quantitative estimate of drug-likeness (QED) is 0.524. The number of benzene rings is 2. The Morgan fingerprint density at radius 2 is 1.73 bits per heavy atom. The van der Waals surface area contributed by atoms with Crippen LogP contribution in [0.5, 0.6) is 0 Å². The minimum atomic E-state index is -3.81. The minimum Gasteiger partial charge on any atom is -0.290 e. The van der Waals surface area contributed by atoms with Crippen molar-refractivity contribution in [3.63, 3.8) is 0 Å². The van der Waals surface area contributed by atoms with Gasteiger partial charge in [-0.25, -0.2) is 4.39 Å². The Labute approximate surface area is 128 Å². The third-order valence-corrected chi connectivity index (χ3v) is 4.32. The van der Waals surface area contributed by atoms with Crippen molar-refractivity contribution in [2.45, 2.75) is 11.3 Å². The second-order valence-corrected chi connectivity index (χ2v) is 6.32. The summed E-state index contributed by atoms with van der Waals surface area (Å²) >= 11 is 0. The van der Waals surface area contributed by atoms with Gasteiger partial charge in [-0.1, -0.05) is 30.3 Å². The first-order valence-corrected chi connectivity index (χ1v) is 8.14. The second-order valence-electron chi connectivity index (χ2n) is 4.64. The van der Waals surface area contributed by atoms with Gasteiger partial charge in [0.25, 0.3) is 0 Å². The van der Waals surface area contributed by atoms with Crippen LogP contribution >= 0.6 is 0 Å². The molecule has 2 rings (SSSR count). The van der Waals surface area contributed by atoms with Crippen molar-refractivity contribution in [3.8, 4) is 0 Å². The molecule has 2 aromatic carbocycles. The van der Waals surface area contributed by atoms with E-state index in [-0.39, 0.29) is 10.9 Å². The molecule has 0 aromatic heterocycles. The van der Waals surface area contributed by atoms with Crippen LogP contribution in [0.1, 0.15) is 5.56 Å². The normalized spacial score (nSPS) is 12.1. The van der Waals surface area contributed by atoms with Gasteiger partial charge in [-0.15, -0.1) is 0 Å². The van der Waals surface area contributed by atoms with Gasteiger partial charge in [-0.3, -0.25) is 10.7 Å². The van der Waals surface area contributed by atoms with Crippen molar-refractivity contribution in [2.75, 3.05) is 6.54 Å². The highest BCUT2D eigenvalue weighted by Gasteiger charge is 2.19. The van der Waals surface area contributed by atoms with Gasteiger partial charge < -0.3 is 0 Å². The summed E-state index contributed by atoms with van der Waals surface area (Å²) in [7, 11) is -3.81. The standard InChI is InChI=1S/C15H16FN3O2S/c16-13-6-8-14(9-7-13)22(20,21)19-15(17)18-11-10-12-4-2-1-3-5-12/h1-9H,10-11H2,(H3,17,18,19)/p+1. The van der Waals surface area contributed by atoms with Crippen LogP contribution in [0.3, 0.4) is 0 Å². The van der Waals surface area contributed by atoms with Crippen LogP contribution in [0.15, 0.2) is 59.5 Å². The lowest BCUT2D eigenvalue weighted by Crippen LogP contribution is -2.79. The highest BCUT2D eigenvalue weighted by Crippen LogP contribution is 2.08. The van der Waals surface area contributed by atoms with Gasteiger partial charge in [-0.2, -0.15) is 13.1 Å². The fraction of sp³-hybridized carbons (Fsp3) is 0.133. The van der Waals surface area contributed by atoms with Gasteiger partial charge >= 0.3 is 16.0 Å². The molecule has 0 bridgehead atoms. The number of rotatable bonds is 5. The van der Waals surface area contributed by atoms with E-state index in [0.717, 1.165) is 17.7 Å². The summed E-state index contributed by atoms with van der Waals surface area (Å²) < 4.78 is 39.0. The zero-order chi connectivity index (χ0) is 16.0. The molecule has 4 N–H and O–H groups in total. The van der Waals surface area contributed by atoms with Crippen LogP contribution in [0, 0.1) is 5.82 Å². The number of guanidine groups is 1. The number of halogens is 1. The molecule has 2 aromatic rings. The van der Waals surface area contributed by atoms with Gasteiger partial charge in [0.15, 0.2) is 0 Å². The van der Waals surface area contributed by atoms with Crippen molar-refractivity contribution < 1.29 is 17.8 Å². The Bertz CT molecular complexity index is 744. The molecule has 0 aliphatic carbocycles. The summed E-state index contributed by atoms with van der Waals surface area (Å²) in [5, 5.41) is 0. The predicted octanol–water partition coefficient (Wildman–Crippen LogP) is -0.258. The Hall–Kier alpha value is -2.41. The average molecular weight is 322 g/mol. The van der Waals surface area contributed by atoms with Gasteiger partial charge in [-0.05, 0) is 29.8 Å². The molecule has 0 aliphatic heterocycles. The Balaban J connectivity index is 1.96. The van der Waals surface area contributed by atoms with Gasteiger partial charge in [0, 0.05) is 6.42 Å². The topological polar surface area (TPSA) is 86.2 Å². The maximum absolute atomic E-state index is 12.8. The molecule has 0 saturated heterocycles. The smallest absolute Gasteiger partial charge is 0.290 e. The maximum Gasteiger partial charge on any atom is 0.356 e. The summed E-state index contributed by atoms with van der Waals surface area (Å²) in [5.74, 6) is -0.572. The summed E-state index contributed by atoms with van der Waals surface area (Å²) in [5.41, 5.74) is 6.75. The van der Waals surface area contributed by atoms with Gasteiger partial charge in [0.05, 0.1) is 6.54 Å². The SMILES string of the molecule is NC(NS(=O)(=O)c1ccc(F)cc1)=[NH+]CCc1ccccc1. The van der Waals surface area contributed by atoms with Crippen LogP contribution in [-0.4, -0.2) is 20.9 Å². The van der Waals surface area contributed by atoms with Gasteiger partial charge in [0.2, 0.25) is 0 Å².